The Morgan fingerprint density at radius 1 is 1.33 bits per heavy atom. The lowest BCUT2D eigenvalue weighted by Crippen LogP contribution is -2.26. The van der Waals surface area contributed by atoms with Crippen molar-refractivity contribution in [2.75, 3.05) is 18.6 Å². The first kappa shape index (κ1) is 19.7. The van der Waals surface area contributed by atoms with Crippen LogP contribution >= 0.6 is 11.3 Å². The van der Waals surface area contributed by atoms with Crippen LogP contribution in [0.2, 0.25) is 0 Å². The van der Waals surface area contributed by atoms with E-state index in [0.29, 0.717) is 30.1 Å². The van der Waals surface area contributed by atoms with Gasteiger partial charge in [0, 0.05) is 23.5 Å². The Morgan fingerprint density at radius 3 is 2.77 bits per heavy atom. The molecule has 0 unspecified atom stereocenters. The molecule has 0 bridgehead atoms. The third-order valence-corrected chi connectivity index (χ3v) is 8.57. The summed E-state index contributed by atoms with van der Waals surface area (Å²) in [6, 6.07) is 5.71. The van der Waals surface area contributed by atoms with E-state index in [1.165, 1.54) is 0 Å². The molecule has 1 aliphatic heterocycles. The molecule has 30 heavy (non-hydrogen) atoms. The molecule has 0 radical (unpaired) electrons. The number of hydrogen-bond acceptors (Lipinski definition) is 6. The summed E-state index contributed by atoms with van der Waals surface area (Å²) in [5, 5.41) is 7.41. The van der Waals surface area contributed by atoms with Crippen molar-refractivity contribution >= 4 is 38.1 Å². The second-order valence-electron chi connectivity index (χ2n) is 8.39. The number of pyridine rings is 1. The molecule has 1 saturated carbocycles. The average Bonchev–Trinajstić information content (AvgIpc) is 3.17. The fourth-order valence-electron chi connectivity index (χ4n) is 4.23. The Balaban J connectivity index is 1.60. The summed E-state index contributed by atoms with van der Waals surface area (Å²) >= 11 is 1.63. The molecule has 2 fully saturated rings. The second kappa shape index (κ2) is 7.16. The zero-order valence-electron chi connectivity index (χ0n) is 17.0. The largest absolute Gasteiger partial charge is 0.337 e. The van der Waals surface area contributed by atoms with Crippen molar-refractivity contribution in [3.63, 3.8) is 0 Å². The van der Waals surface area contributed by atoms with Crippen molar-refractivity contribution in [1.82, 2.24) is 19.7 Å². The van der Waals surface area contributed by atoms with Crippen molar-refractivity contribution in [3.05, 3.63) is 45.4 Å². The van der Waals surface area contributed by atoms with Gasteiger partial charge in [-0.1, -0.05) is 6.07 Å². The average molecular weight is 445 g/mol. The van der Waals surface area contributed by atoms with Gasteiger partial charge in [-0.15, -0.1) is 11.3 Å². The summed E-state index contributed by atoms with van der Waals surface area (Å²) in [7, 11) is -1.23. The van der Waals surface area contributed by atoms with Gasteiger partial charge in [0.25, 0.3) is 5.91 Å². The number of aromatic nitrogens is 3. The molecule has 0 spiro atoms. The maximum atomic E-state index is 13.4. The summed E-state index contributed by atoms with van der Waals surface area (Å²) < 4.78 is 25.8. The number of hydrogen-bond donors (Lipinski definition) is 0. The minimum Gasteiger partial charge on any atom is -0.337 e. The van der Waals surface area contributed by atoms with E-state index in [9.17, 15) is 13.2 Å². The van der Waals surface area contributed by atoms with Crippen molar-refractivity contribution in [3.8, 4) is 0 Å². The van der Waals surface area contributed by atoms with Gasteiger partial charge in [0.15, 0.2) is 15.5 Å². The van der Waals surface area contributed by atoms with Crippen LogP contribution in [0.15, 0.2) is 23.6 Å². The van der Waals surface area contributed by atoms with Crippen LogP contribution in [-0.2, 0) is 16.4 Å². The topological polar surface area (TPSA) is 85.2 Å². The molecule has 4 heterocycles. The molecule has 1 saturated heterocycles. The Bertz CT molecular complexity index is 1230. The number of carbonyl (C=O) groups is 1. The van der Waals surface area contributed by atoms with Crippen LogP contribution in [-0.4, -0.2) is 52.5 Å². The lowest BCUT2D eigenvalue weighted by Gasteiger charge is -2.18. The quantitative estimate of drug-likeness (QED) is 0.603. The van der Waals surface area contributed by atoms with Crippen LogP contribution in [0.25, 0.3) is 11.0 Å². The van der Waals surface area contributed by atoms with Gasteiger partial charge in [-0.3, -0.25) is 4.79 Å². The molecule has 2 aliphatic rings. The Kier molecular flexibility index (Phi) is 4.70. The third-order valence-electron chi connectivity index (χ3n) is 5.96. The predicted molar refractivity (Wildman–Crippen MR) is 117 cm³/mol. The summed E-state index contributed by atoms with van der Waals surface area (Å²) in [6.45, 7) is 2.42. The number of fused-ring (bicyclic) bond motifs is 1. The summed E-state index contributed by atoms with van der Waals surface area (Å²) in [4.78, 5) is 21.2. The molecule has 1 atom stereocenters. The van der Waals surface area contributed by atoms with Gasteiger partial charge >= 0.3 is 0 Å². The lowest BCUT2D eigenvalue weighted by molar-refractivity contribution is 0.0788. The van der Waals surface area contributed by atoms with Gasteiger partial charge < -0.3 is 4.90 Å². The summed E-state index contributed by atoms with van der Waals surface area (Å²) in [6.07, 6.45) is 2.68. The number of rotatable bonds is 5. The molecule has 0 N–H and O–H groups in total. The molecular weight excluding hydrogens is 420 g/mol. The van der Waals surface area contributed by atoms with E-state index in [-0.39, 0.29) is 23.5 Å². The van der Waals surface area contributed by atoms with Gasteiger partial charge in [0.1, 0.15) is 0 Å². The highest BCUT2D eigenvalue weighted by Crippen LogP contribution is 2.41. The first-order valence-corrected chi connectivity index (χ1v) is 12.9. The number of carbonyl (C=O) groups excluding carboxylic acids is 1. The van der Waals surface area contributed by atoms with Crippen LogP contribution in [0.1, 0.15) is 57.8 Å². The van der Waals surface area contributed by atoms with E-state index >= 15 is 0 Å². The van der Waals surface area contributed by atoms with E-state index in [4.69, 9.17) is 4.98 Å². The second-order valence-corrected chi connectivity index (χ2v) is 11.7. The highest BCUT2D eigenvalue weighted by atomic mass is 32.2. The summed E-state index contributed by atoms with van der Waals surface area (Å²) in [5.74, 6) is 0.578. The van der Waals surface area contributed by atoms with Crippen molar-refractivity contribution < 1.29 is 13.2 Å². The van der Waals surface area contributed by atoms with Crippen LogP contribution < -0.4 is 0 Å². The van der Waals surface area contributed by atoms with E-state index < -0.39 is 9.84 Å². The first-order chi connectivity index (χ1) is 14.3. The monoisotopic (exact) mass is 444 g/mol. The van der Waals surface area contributed by atoms with E-state index in [1.54, 1.807) is 20.9 Å². The maximum absolute atomic E-state index is 13.4. The minimum absolute atomic E-state index is 0.0561. The van der Waals surface area contributed by atoms with Crippen LogP contribution in [0.3, 0.4) is 0 Å². The SMILES string of the molecule is Cc1nn([C@H]2CCS(=O)(=O)C2)c2nc(C3CC3)cc(C(=O)N(C)Cc3cccs3)c12. The van der Waals surface area contributed by atoms with Crippen molar-refractivity contribution in [2.45, 2.75) is 44.7 Å². The smallest absolute Gasteiger partial charge is 0.254 e. The zero-order chi connectivity index (χ0) is 21.0. The first-order valence-electron chi connectivity index (χ1n) is 10.2. The molecule has 5 rings (SSSR count). The van der Waals surface area contributed by atoms with E-state index in [0.717, 1.165) is 34.5 Å². The number of thiophene rings is 1. The van der Waals surface area contributed by atoms with E-state index in [2.05, 4.69) is 5.10 Å². The molecule has 158 valence electrons. The number of nitrogens with zero attached hydrogens (tertiary/aromatic N) is 4. The van der Waals surface area contributed by atoms with Crippen LogP contribution in [0.4, 0.5) is 0 Å². The number of aryl methyl sites for hydroxylation is 1. The molecule has 9 heteroatoms. The molecule has 1 amide bonds. The van der Waals surface area contributed by atoms with Crippen molar-refractivity contribution in [1.29, 1.82) is 0 Å². The minimum atomic E-state index is -3.05. The fraction of sp³-hybridized carbons (Fsp3) is 0.476. The fourth-order valence-corrected chi connectivity index (χ4v) is 6.68. The van der Waals surface area contributed by atoms with Gasteiger partial charge in [0.05, 0.1) is 40.7 Å². The Morgan fingerprint density at radius 2 is 2.13 bits per heavy atom. The molecule has 3 aromatic heterocycles. The highest BCUT2D eigenvalue weighted by molar-refractivity contribution is 7.91. The standard InChI is InChI=1S/C21H24N4O3S2/c1-13-19-17(21(26)24(2)11-16-4-3-8-29-16)10-18(14-5-6-14)22-20(19)25(23-13)15-7-9-30(27,28)12-15/h3-4,8,10,14-15H,5-7,9,11-12H2,1-2H3/t15-/m0/s1. The Labute approximate surface area is 179 Å². The number of amides is 1. The normalized spacial score (nSPS) is 20.7. The molecular formula is C21H24N4O3S2. The van der Waals surface area contributed by atoms with Gasteiger partial charge in [-0.25, -0.2) is 18.1 Å². The molecule has 0 aromatic carbocycles. The van der Waals surface area contributed by atoms with Crippen LogP contribution in [0, 0.1) is 6.92 Å². The maximum Gasteiger partial charge on any atom is 0.254 e. The van der Waals surface area contributed by atoms with Crippen molar-refractivity contribution in [2.24, 2.45) is 0 Å². The number of sulfone groups is 1. The van der Waals surface area contributed by atoms with Gasteiger partial charge in [0.2, 0.25) is 0 Å². The van der Waals surface area contributed by atoms with E-state index in [1.807, 2.05) is 37.6 Å². The third kappa shape index (κ3) is 3.54. The van der Waals surface area contributed by atoms with Gasteiger partial charge in [-0.2, -0.15) is 5.10 Å². The summed E-state index contributed by atoms with van der Waals surface area (Å²) in [5.41, 5.74) is 2.90. The van der Waals surface area contributed by atoms with Crippen LogP contribution in [0.5, 0.6) is 0 Å². The molecule has 3 aromatic rings. The molecule has 7 nitrogen and oxygen atoms in total. The highest BCUT2D eigenvalue weighted by Gasteiger charge is 2.34. The Hall–Kier alpha value is -2.26. The zero-order valence-corrected chi connectivity index (χ0v) is 18.7. The predicted octanol–water partition coefficient (Wildman–Crippen LogP) is 3.31. The lowest BCUT2D eigenvalue weighted by atomic mass is 10.1. The van der Waals surface area contributed by atoms with Gasteiger partial charge in [-0.05, 0) is 43.7 Å². The molecule has 1 aliphatic carbocycles.